The molecule has 2 saturated heterocycles. The Kier molecular flexibility index (Phi) is 3.30. The van der Waals surface area contributed by atoms with Gasteiger partial charge in [-0.3, -0.25) is 4.79 Å². The van der Waals surface area contributed by atoms with Gasteiger partial charge in [0.1, 0.15) is 0 Å². The van der Waals surface area contributed by atoms with Gasteiger partial charge in [0, 0.05) is 31.7 Å². The lowest BCUT2D eigenvalue weighted by Crippen LogP contribution is -2.39. The van der Waals surface area contributed by atoms with Crippen LogP contribution in [0.4, 0.5) is 0 Å². The Balaban J connectivity index is 2.00. The summed E-state index contributed by atoms with van der Waals surface area (Å²) in [5, 5.41) is 1.04. The molecule has 0 saturated carbocycles. The molecule has 0 atom stereocenters. The Morgan fingerprint density at radius 2 is 1.88 bits per heavy atom. The lowest BCUT2D eigenvalue weighted by atomic mass is 10.1. The number of amides is 1. The van der Waals surface area contributed by atoms with Crippen LogP contribution in [0.5, 0.6) is 0 Å². The van der Waals surface area contributed by atoms with Crippen molar-refractivity contribution in [3.8, 4) is 0 Å². The highest BCUT2D eigenvalue weighted by Gasteiger charge is 2.28. The van der Waals surface area contributed by atoms with Crippen molar-refractivity contribution in [3.63, 3.8) is 0 Å². The summed E-state index contributed by atoms with van der Waals surface area (Å²) in [6.07, 6.45) is 1.88. The van der Waals surface area contributed by atoms with Crippen molar-refractivity contribution in [3.05, 3.63) is 11.0 Å². The molecule has 0 N–H and O–H groups in total. The Labute approximate surface area is 95.0 Å². The Hall–Kier alpha value is -0.880. The molecule has 0 aromatic rings. The first-order valence-corrected chi connectivity index (χ1v) is 6.93. The number of carbonyl (C=O) groups excluding carboxylic acids is 1. The number of carbonyl (C=O) groups is 1. The zero-order chi connectivity index (χ0) is 11.6. The average molecular weight is 245 g/mol. The van der Waals surface area contributed by atoms with Crippen molar-refractivity contribution in [1.82, 2.24) is 4.90 Å². The van der Waals surface area contributed by atoms with E-state index in [1.165, 1.54) is 10.3 Å². The maximum atomic E-state index is 11.9. The molecule has 0 aromatic carbocycles. The van der Waals surface area contributed by atoms with Crippen molar-refractivity contribution < 1.29 is 17.9 Å². The van der Waals surface area contributed by atoms with Crippen molar-refractivity contribution in [1.29, 1.82) is 0 Å². The fourth-order valence-corrected chi connectivity index (χ4v) is 3.61. The van der Waals surface area contributed by atoms with Gasteiger partial charge in [-0.2, -0.15) is 0 Å². The molecule has 5 nitrogen and oxygen atoms in total. The van der Waals surface area contributed by atoms with E-state index in [2.05, 4.69) is 0 Å². The first kappa shape index (κ1) is 11.6. The predicted octanol–water partition coefficient (Wildman–Crippen LogP) is -0.0639. The van der Waals surface area contributed by atoms with E-state index in [0.29, 0.717) is 39.1 Å². The van der Waals surface area contributed by atoms with E-state index in [1.807, 2.05) is 0 Å². The zero-order valence-electron chi connectivity index (χ0n) is 8.96. The van der Waals surface area contributed by atoms with Crippen LogP contribution in [0.1, 0.15) is 12.8 Å². The van der Waals surface area contributed by atoms with E-state index in [-0.39, 0.29) is 5.25 Å². The molecule has 2 fully saturated rings. The summed E-state index contributed by atoms with van der Waals surface area (Å²) in [6.45, 7) is 1.94. The van der Waals surface area contributed by atoms with Crippen molar-refractivity contribution >= 4 is 16.2 Å². The topological polar surface area (TPSA) is 63.7 Å². The number of ether oxygens (including phenoxy) is 1. The van der Waals surface area contributed by atoms with Crippen LogP contribution in [0.25, 0.3) is 0 Å². The number of hydrogen-bond donors (Lipinski definition) is 0. The van der Waals surface area contributed by atoms with Crippen LogP contribution in [0.2, 0.25) is 0 Å². The summed E-state index contributed by atoms with van der Waals surface area (Å²) >= 11 is 0. The molecule has 0 radical (unpaired) electrons. The summed E-state index contributed by atoms with van der Waals surface area (Å²) in [5.41, 5.74) is 0.818. The van der Waals surface area contributed by atoms with Crippen molar-refractivity contribution in [2.45, 2.75) is 18.1 Å². The van der Waals surface area contributed by atoms with Gasteiger partial charge in [0.2, 0.25) is 6.41 Å². The first-order valence-electron chi connectivity index (χ1n) is 5.32. The molecule has 90 valence electrons. The number of nitrogens with zero attached hydrogens (tertiary/aromatic N) is 1. The molecule has 0 aliphatic carbocycles. The van der Waals surface area contributed by atoms with Crippen LogP contribution in [0, 0.1) is 0 Å². The van der Waals surface area contributed by atoms with Crippen molar-refractivity contribution in [2.24, 2.45) is 0 Å². The van der Waals surface area contributed by atoms with Crippen molar-refractivity contribution in [2.75, 3.05) is 26.3 Å². The molecule has 16 heavy (non-hydrogen) atoms. The summed E-state index contributed by atoms with van der Waals surface area (Å²) in [5.74, 6) is 0. The van der Waals surface area contributed by atoms with E-state index in [9.17, 15) is 13.2 Å². The van der Waals surface area contributed by atoms with E-state index in [4.69, 9.17) is 4.74 Å². The lowest BCUT2D eigenvalue weighted by molar-refractivity contribution is -0.119. The molecule has 2 rings (SSSR count). The molecular weight excluding hydrogens is 230 g/mol. The molecule has 2 heterocycles. The lowest BCUT2D eigenvalue weighted by Gasteiger charge is -2.30. The van der Waals surface area contributed by atoms with Crippen LogP contribution >= 0.6 is 0 Å². The smallest absolute Gasteiger partial charge is 0.210 e. The largest absolute Gasteiger partial charge is 0.381 e. The molecule has 0 spiro atoms. The second-order valence-electron chi connectivity index (χ2n) is 4.19. The summed E-state index contributed by atoms with van der Waals surface area (Å²) in [6, 6.07) is 0. The predicted molar refractivity (Wildman–Crippen MR) is 58.5 cm³/mol. The van der Waals surface area contributed by atoms with Gasteiger partial charge >= 0.3 is 0 Å². The first-order chi connectivity index (χ1) is 7.62. The van der Waals surface area contributed by atoms with Crippen LogP contribution in [0.15, 0.2) is 11.0 Å². The highest BCUT2D eigenvalue weighted by atomic mass is 32.2. The molecule has 0 unspecified atom stereocenters. The Bertz CT molecular complexity index is 387. The van der Waals surface area contributed by atoms with Gasteiger partial charge in [0.15, 0.2) is 9.84 Å². The van der Waals surface area contributed by atoms with E-state index >= 15 is 0 Å². The fraction of sp³-hybridized carbons (Fsp3) is 0.700. The average Bonchev–Trinajstić information content (AvgIpc) is 2.24. The molecular formula is C10H15NO4S. The third-order valence-corrected chi connectivity index (χ3v) is 4.99. The number of sulfone groups is 1. The van der Waals surface area contributed by atoms with E-state index in [1.54, 1.807) is 0 Å². The van der Waals surface area contributed by atoms with Gasteiger partial charge in [0.25, 0.3) is 0 Å². The van der Waals surface area contributed by atoms with E-state index < -0.39 is 9.84 Å². The maximum Gasteiger partial charge on any atom is 0.210 e. The zero-order valence-corrected chi connectivity index (χ0v) is 9.78. The minimum Gasteiger partial charge on any atom is -0.381 e. The number of rotatable bonds is 3. The van der Waals surface area contributed by atoms with Crippen LogP contribution < -0.4 is 0 Å². The van der Waals surface area contributed by atoms with Crippen LogP contribution in [0.3, 0.4) is 0 Å². The number of hydrogen-bond acceptors (Lipinski definition) is 4. The molecule has 6 heteroatoms. The maximum absolute atomic E-state index is 11.9. The summed E-state index contributed by atoms with van der Waals surface area (Å²) in [4.78, 5) is 11.9. The van der Waals surface area contributed by atoms with Gasteiger partial charge < -0.3 is 9.64 Å². The summed E-state index contributed by atoms with van der Waals surface area (Å²) < 4.78 is 29.0. The molecule has 2 aliphatic rings. The van der Waals surface area contributed by atoms with Gasteiger partial charge in [-0.05, 0) is 18.4 Å². The third-order valence-electron chi connectivity index (χ3n) is 2.93. The fourth-order valence-electron chi connectivity index (χ4n) is 1.96. The second-order valence-corrected chi connectivity index (χ2v) is 6.27. The molecule has 0 aromatic heterocycles. The summed E-state index contributed by atoms with van der Waals surface area (Å²) in [7, 11) is -3.16. The minimum atomic E-state index is -3.16. The highest BCUT2D eigenvalue weighted by molar-refractivity contribution is 7.94. The molecule has 2 aliphatic heterocycles. The van der Waals surface area contributed by atoms with Gasteiger partial charge in [-0.15, -0.1) is 0 Å². The van der Waals surface area contributed by atoms with Crippen LogP contribution in [-0.2, 0) is 19.4 Å². The van der Waals surface area contributed by atoms with E-state index in [0.717, 1.165) is 12.0 Å². The molecule has 0 bridgehead atoms. The van der Waals surface area contributed by atoms with Gasteiger partial charge in [-0.25, -0.2) is 8.42 Å². The Morgan fingerprint density at radius 1 is 1.25 bits per heavy atom. The number of likely N-dealkylation sites (tertiary alicyclic amines) is 1. The second kappa shape index (κ2) is 4.55. The standard InChI is InChI=1S/C10H15NO4S/c12-8-11-5-9(6-11)7-16(13,14)10-1-3-15-4-2-10/h7-8,10H,1-6H2. The monoisotopic (exact) mass is 245 g/mol. The minimum absolute atomic E-state index is 0.306. The third kappa shape index (κ3) is 2.44. The Morgan fingerprint density at radius 3 is 2.44 bits per heavy atom. The normalized spacial score (nSPS) is 22.8. The van der Waals surface area contributed by atoms with Gasteiger partial charge in [-0.1, -0.05) is 0 Å². The van der Waals surface area contributed by atoms with Crippen LogP contribution in [-0.4, -0.2) is 51.3 Å². The quantitative estimate of drug-likeness (QED) is 0.653. The SMILES string of the molecule is O=CN1CC(=CS(=O)(=O)C2CCOCC2)C1. The highest BCUT2D eigenvalue weighted by Crippen LogP contribution is 2.21. The molecule has 1 amide bonds. The van der Waals surface area contributed by atoms with Gasteiger partial charge in [0.05, 0.1) is 5.25 Å².